The lowest BCUT2D eigenvalue weighted by Crippen LogP contribution is -2.42. The van der Waals surface area contributed by atoms with Crippen molar-refractivity contribution in [1.29, 1.82) is 0 Å². The van der Waals surface area contributed by atoms with Crippen molar-refractivity contribution in [3.05, 3.63) is 28.8 Å². The fourth-order valence-corrected chi connectivity index (χ4v) is 3.74. The molecule has 2 fully saturated rings. The molecule has 1 spiro atoms. The first-order valence-electron chi connectivity index (χ1n) is 7.20. The number of hydrogen-bond acceptors (Lipinski definition) is 2. The number of carbonyl (C=O) groups excluding carboxylic acids is 1. The van der Waals surface area contributed by atoms with Gasteiger partial charge in [-0.3, -0.25) is 4.79 Å². The molecule has 1 saturated carbocycles. The van der Waals surface area contributed by atoms with Crippen LogP contribution in [0.3, 0.4) is 0 Å². The number of piperidine rings is 1. The highest BCUT2D eigenvalue weighted by atomic mass is 35.5. The van der Waals surface area contributed by atoms with E-state index in [1.807, 2.05) is 0 Å². The van der Waals surface area contributed by atoms with Crippen molar-refractivity contribution >= 4 is 17.5 Å². The van der Waals surface area contributed by atoms with Crippen molar-refractivity contribution in [2.24, 2.45) is 5.41 Å². The molecule has 0 bridgehead atoms. The first-order chi connectivity index (χ1) is 9.60. The summed E-state index contributed by atoms with van der Waals surface area (Å²) in [6, 6.07) is 1.18. The van der Waals surface area contributed by atoms with Crippen LogP contribution in [0.2, 0.25) is 5.15 Å². The summed E-state index contributed by atoms with van der Waals surface area (Å²) in [5.41, 5.74) is 0.634. The third-order valence-corrected chi connectivity index (χ3v) is 5.11. The summed E-state index contributed by atoms with van der Waals surface area (Å²) in [7, 11) is 0. The predicted octanol–water partition coefficient (Wildman–Crippen LogP) is 3.67. The topological polar surface area (TPSA) is 33.2 Å². The maximum Gasteiger partial charge on any atom is 0.257 e. The van der Waals surface area contributed by atoms with Gasteiger partial charge >= 0.3 is 0 Å². The number of hydrogen-bond donors (Lipinski definition) is 0. The van der Waals surface area contributed by atoms with E-state index in [0.717, 1.165) is 32.1 Å². The number of halogens is 2. The minimum Gasteiger partial charge on any atom is -0.339 e. The predicted molar refractivity (Wildman–Crippen MR) is 75.2 cm³/mol. The van der Waals surface area contributed by atoms with Crippen molar-refractivity contribution in [2.75, 3.05) is 13.1 Å². The molecule has 0 radical (unpaired) electrons. The molecule has 1 aromatic rings. The van der Waals surface area contributed by atoms with Crippen LogP contribution in [0, 0.1) is 11.2 Å². The van der Waals surface area contributed by atoms with Gasteiger partial charge in [-0.2, -0.15) is 0 Å². The Morgan fingerprint density at radius 3 is 2.55 bits per heavy atom. The van der Waals surface area contributed by atoms with Crippen LogP contribution in [0.4, 0.5) is 4.39 Å². The Morgan fingerprint density at radius 1 is 1.25 bits per heavy atom. The zero-order valence-corrected chi connectivity index (χ0v) is 12.1. The van der Waals surface area contributed by atoms with Crippen molar-refractivity contribution in [2.45, 2.75) is 38.5 Å². The van der Waals surface area contributed by atoms with Gasteiger partial charge in [0.05, 0.1) is 11.8 Å². The van der Waals surface area contributed by atoms with E-state index in [-0.39, 0.29) is 16.6 Å². The van der Waals surface area contributed by atoms with Crippen LogP contribution in [0.15, 0.2) is 12.3 Å². The van der Waals surface area contributed by atoms with Crippen LogP contribution in [0.25, 0.3) is 0 Å². The van der Waals surface area contributed by atoms with Gasteiger partial charge in [-0.15, -0.1) is 0 Å². The molecule has 2 heterocycles. The molecule has 0 unspecified atom stereocenters. The van der Waals surface area contributed by atoms with Crippen molar-refractivity contribution in [3.8, 4) is 0 Å². The van der Waals surface area contributed by atoms with Gasteiger partial charge in [-0.25, -0.2) is 9.37 Å². The highest BCUT2D eigenvalue weighted by Gasteiger charge is 2.38. The summed E-state index contributed by atoms with van der Waals surface area (Å²) in [5, 5.41) is 0.0811. The SMILES string of the molecule is O=C(c1cc(F)cnc1Cl)N1CCC2(CCCC2)CC1. The Kier molecular flexibility index (Phi) is 3.67. The number of likely N-dealkylation sites (tertiary alicyclic amines) is 1. The molecule has 0 N–H and O–H groups in total. The van der Waals surface area contributed by atoms with Crippen LogP contribution in [-0.4, -0.2) is 28.9 Å². The molecule has 0 atom stereocenters. The quantitative estimate of drug-likeness (QED) is 0.741. The molecule has 20 heavy (non-hydrogen) atoms. The molecule has 3 nitrogen and oxygen atoms in total. The van der Waals surface area contributed by atoms with Crippen molar-refractivity contribution < 1.29 is 9.18 Å². The monoisotopic (exact) mass is 296 g/mol. The molecular formula is C15H18ClFN2O. The smallest absolute Gasteiger partial charge is 0.257 e. The van der Waals surface area contributed by atoms with Crippen molar-refractivity contribution in [3.63, 3.8) is 0 Å². The lowest BCUT2D eigenvalue weighted by molar-refractivity contribution is 0.0587. The molecule has 1 aliphatic carbocycles. The van der Waals surface area contributed by atoms with Gasteiger partial charge in [0.2, 0.25) is 0 Å². The summed E-state index contributed by atoms with van der Waals surface area (Å²) < 4.78 is 13.2. The number of pyridine rings is 1. The molecule has 0 aromatic carbocycles. The van der Waals surface area contributed by atoms with E-state index >= 15 is 0 Å². The highest BCUT2D eigenvalue weighted by Crippen LogP contribution is 2.46. The Hall–Kier alpha value is -1.16. The minimum absolute atomic E-state index is 0.0811. The third kappa shape index (κ3) is 2.53. The van der Waals surface area contributed by atoms with E-state index in [0.29, 0.717) is 5.41 Å². The van der Waals surface area contributed by atoms with E-state index in [2.05, 4.69) is 4.98 Å². The number of carbonyl (C=O) groups is 1. The number of amides is 1. The second kappa shape index (κ2) is 5.32. The zero-order chi connectivity index (χ0) is 14.2. The van der Waals surface area contributed by atoms with Gasteiger partial charge in [-0.1, -0.05) is 24.4 Å². The normalized spacial score (nSPS) is 21.4. The fraction of sp³-hybridized carbons (Fsp3) is 0.600. The zero-order valence-electron chi connectivity index (χ0n) is 11.4. The van der Waals surface area contributed by atoms with Crippen molar-refractivity contribution in [1.82, 2.24) is 9.88 Å². The molecule has 1 saturated heterocycles. The standard InChI is InChI=1S/C15H18ClFN2O/c16-13-12(9-11(17)10-18-13)14(20)19-7-5-15(6-8-19)3-1-2-4-15/h9-10H,1-8H2. The molecule has 1 aliphatic heterocycles. The molecule has 1 aromatic heterocycles. The molecule has 5 heteroatoms. The van der Waals surface area contributed by atoms with Gasteiger partial charge < -0.3 is 4.90 Å². The Morgan fingerprint density at radius 2 is 1.90 bits per heavy atom. The summed E-state index contributed by atoms with van der Waals surface area (Å²) in [5.74, 6) is -0.725. The summed E-state index contributed by atoms with van der Waals surface area (Å²) in [4.78, 5) is 17.9. The van der Waals surface area contributed by atoms with Crippen LogP contribution >= 0.6 is 11.6 Å². The first kappa shape index (κ1) is 13.8. The largest absolute Gasteiger partial charge is 0.339 e. The maximum absolute atomic E-state index is 13.2. The molecule has 108 valence electrons. The summed E-state index contributed by atoms with van der Waals surface area (Å²) in [6.07, 6.45) is 8.34. The summed E-state index contributed by atoms with van der Waals surface area (Å²) in [6.45, 7) is 1.48. The van der Waals surface area contributed by atoms with E-state index in [4.69, 9.17) is 11.6 Å². The maximum atomic E-state index is 13.2. The molecular weight excluding hydrogens is 279 g/mol. The van der Waals surface area contributed by atoms with E-state index in [1.54, 1.807) is 4.90 Å². The van der Waals surface area contributed by atoms with Gasteiger partial charge in [0.1, 0.15) is 11.0 Å². The second-order valence-corrected chi connectivity index (χ2v) is 6.35. The van der Waals surface area contributed by atoms with E-state index in [1.165, 1.54) is 31.7 Å². The number of aromatic nitrogens is 1. The highest BCUT2D eigenvalue weighted by molar-refractivity contribution is 6.32. The Bertz CT molecular complexity index is 519. The fourth-order valence-electron chi connectivity index (χ4n) is 3.55. The van der Waals surface area contributed by atoms with Gasteiger partial charge in [0, 0.05) is 13.1 Å². The molecule has 3 rings (SSSR count). The minimum atomic E-state index is -0.526. The van der Waals surface area contributed by atoms with E-state index < -0.39 is 5.82 Å². The van der Waals surface area contributed by atoms with Gasteiger partial charge in [-0.05, 0) is 37.2 Å². The second-order valence-electron chi connectivity index (χ2n) is 5.99. The van der Waals surface area contributed by atoms with Crippen LogP contribution in [0.5, 0.6) is 0 Å². The molecule has 2 aliphatic rings. The van der Waals surface area contributed by atoms with Gasteiger partial charge in [0.15, 0.2) is 0 Å². The van der Waals surface area contributed by atoms with Crippen LogP contribution in [-0.2, 0) is 0 Å². The van der Waals surface area contributed by atoms with Gasteiger partial charge in [0.25, 0.3) is 5.91 Å². The lowest BCUT2D eigenvalue weighted by atomic mass is 9.77. The average molecular weight is 297 g/mol. The lowest BCUT2D eigenvalue weighted by Gasteiger charge is -2.39. The van der Waals surface area contributed by atoms with E-state index in [9.17, 15) is 9.18 Å². The first-order valence-corrected chi connectivity index (χ1v) is 7.58. The van der Waals surface area contributed by atoms with Crippen LogP contribution < -0.4 is 0 Å². The third-order valence-electron chi connectivity index (χ3n) is 4.81. The van der Waals surface area contributed by atoms with Crippen LogP contribution in [0.1, 0.15) is 48.9 Å². The average Bonchev–Trinajstić information content (AvgIpc) is 2.90. The number of rotatable bonds is 1. The molecule has 1 amide bonds. The Labute approximate surface area is 123 Å². The summed E-state index contributed by atoms with van der Waals surface area (Å²) >= 11 is 5.91. The Balaban J connectivity index is 1.71. The number of nitrogens with zero attached hydrogens (tertiary/aromatic N) is 2.